The molecule has 13 heteroatoms. The van der Waals surface area contributed by atoms with Crippen molar-refractivity contribution in [3.63, 3.8) is 0 Å². The Labute approximate surface area is 465 Å². The van der Waals surface area contributed by atoms with Gasteiger partial charge in [0.25, 0.3) is 32.5 Å². The predicted octanol–water partition coefficient (Wildman–Crippen LogP) is 7.89. The van der Waals surface area contributed by atoms with E-state index in [0.717, 1.165) is 133 Å². The summed E-state index contributed by atoms with van der Waals surface area (Å²) < 4.78 is 30.9. The molecule has 0 aliphatic carbocycles. The molecule has 9 heterocycles. The van der Waals surface area contributed by atoms with Crippen molar-refractivity contribution in [2.45, 2.75) is 0 Å². The number of para-hydroxylation sites is 7. The Morgan fingerprint density at radius 3 is 1.19 bits per heavy atom. The fraction of sp³-hybridized carbons (Fsp3) is 0. The lowest BCUT2D eigenvalue weighted by Gasteiger charge is -2.47. The molecule has 0 bridgehead atoms. The molecule has 9 nitrogen and oxygen atoms in total. The smallest absolute Gasteiger partial charge is 0.269 e. The number of aromatic nitrogens is 1. The van der Waals surface area contributed by atoms with E-state index < -0.39 is 0 Å². The van der Waals surface area contributed by atoms with Crippen LogP contribution in [0.2, 0.25) is 0 Å². The molecule has 8 aliphatic heterocycles. The minimum atomic E-state index is -0.301. The van der Waals surface area contributed by atoms with Crippen LogP contribution in [0.15, 0.2) is 200 Å². The van der Waals surface area contributed by atoms with E-state index in [2.05, 4.69) is 195 Å². The zero-order chi connectivity index (χ0) is 52.7. The first-order valence-corrected chi connectivity index (χ1v) is 27.5. The van der Waals surface area contributed by atoms with E-state index in [1.165, 1.54) is 5.46 Å². The third kappa shape index (κ3) is 4.96. The molecular formula is C68H33B4N5O4. The summed E-state index contributed by atoms with van der Waals surface area (Å²) in [5.74, 6) is 4.97. The molecule has 0 radical (unpaired) electrons. The zero-order valence-electron chi connectivity index (χ0n) is 42.7. The number of rotatable bonds is 1. The van der Waals surface area contributed by atoms with Crippen LogP contribution in [-0.2, 0) is 0 Å². The standard InChI is InChI=1S/C68H33B4N5O4/c1-74-62-67-60-64-61-68(62)81-57-34-53-38(32-47(57)72(61)43-22-8-14-28-51(43)77(64)49-26-12-6-20-41(49)70(60)45-24-10-16-30-55(45)79-67)37-31-46-56(33-52(37)75(53)36-17-3-2-4-18-36)80-66-39(35-73)65-58-63-59(66)71(46)42-21-7-13-27-50(42)76(63)48-25-11-5-19-40(48)69(58)44-23-9-15-29-54(44)78-65/h2-34H. The molecule has 8 aliphatic rings. The summed E-state index contributed by atoms with van der Waals surface area (Å²) in [7, 11) is 0. The highest BCUT2D eigenvalue weighted by atomic mass is 16.5. The van der Waals surface area contributed by atoms with Crippen molar-refractivity contribution in [2.75, 3.05) is 9.80 Å². The van der Waals surface area contributed by atoms with E-state index >= 15 is 0 Å². The first-order chi connectivity index (χ1) is 40.1. The first-order valence-electron chi connectivity index (χ1n) is 27.5. The van der Waals surface area contributed by atoms with Crippen LogP contribution >= 0.6 is 0 Å². The summed E-state index contributed by atoms with van der Waals surface area (Å²) in [6.45, 7) is 8.04. The number of anilines is 6. The van der Waals surface area contributed by atoms with Crippen molar-refractivity contribution in [3.8, 4) is 57.8 Å². The van der Waals surface area contributed by atoms with Crippen LogP contribution in [0.5, 0.6) is 46.0 Å². The monoisotopic (exact) mass is 1030 g/mol. The van der Waals surface area contributed by atoms with E-state index in [4.69, 9.17) is 25.5 Å². The van der Waals surface area contributed by atoms with Crippen molar-refractivity contribution < 1.29 is 18.9 Å². The molecule has 0 atom stereocenters. The molecule has 366 valence electrons. The van der Waals surface area contributed by atoms with E-state index in [1.807, 2.05) is 30.3 Å². The van der Waals surface area contributed by atoms with Gasteiger partial charge in [0.15, 0.2) is 0 Å². The van der Waals surface area contributed by atoms with Gasteiger partial charge in [-0.3, -0.25) is 0 Å². The molecule has 0 saturated carbocycles. The topological polar surface area (TPSA) is 76.5 Å². The number of ether oxygens (including phenoxy) is 4. The van der Waals surface area contributed by atoms with Gasteiger partial charge >= 0.3 is 0 Å². The zero-order valence-corrected chi connectivity index (χ0v) is 42.7. The summed E-state index contributed by atoms with van der Waals surface area (Å²) in [4.78, 5) is 9.13. The Kier molecular flexibility index (Phi) is 7.67. The number of nitrogens with zero attached hydrogens (tertiary/aromatic N) is 5. The number of fused-ring (bicyclic) bond motifs is 23. The van der Waals surface area contributed by atoms with Gasteiger partial charge in [-0.15, -0.1) is 0 Å². The van der Waals surface area contributed by atoms with Crippen LogP contribution in [0.25, 0.3) is 32.3 Å². The molecule has 0 amide bonds. The minimum Gasteiger partial charge on any atom is -0.469 e. The summed E-state index contributed by atoms with van der Waals surface area (Å²) in [5.41, 5.74) is 22.7. The van der Waals surface area contributed by atoms with Crippen molar-refractivity contribution >= 4 is 154 Å². The normalized spacial score (nSPS) is 14.4. The maximum atomic E-state index is 11.5. The van der Waals surface area contributed by atoms with Gasteiger partial charge in [-0.1, -0.05) is 140 Å². The number of nitriles is 1. The Morgan fingerprint density at radius 1 is 0.383 bits per heavy atom. The van der Waals surface area contributed by atoms with Crippen molar-refractivity contribution in [1.29, 1.82) is 5.26 Å². The summed E-state index contributed by atoms with van der Waals surface area (Å²) in [6, 6.07) is 73.5. The molecule has 0 saturated heterocycles. The van der Waals surface area contributed by atoms with E-state index in [-0.39, 0.29) is 26.9 Å². The fourth-order valence-corrected chi connectivity index (χ4v) is 15.7. The van der Waals surface area contributed by atoms with Gasteiger partial charge in [-0.2, -0.15) is 5.26 Å². The second kappa shape index (κ2) is 14.7. The van der Waals surface area contributed by atoms with Crippen LogP contribution in [0.4, 0.5) is 39.8 Å². The minimum absolute atomic E-state index is 0.166. The Morgan fingerprint density at radius 2 is 0.741 bits per heavy atom. The fourth-order valence-electron chi connectivity index (χ4n) is 15.7. The molecule has 11 aromatic carbocycles. The number of hydrogen-bond donors (Lipinski definition) is 0. The molecular weight excluding hydrogens is 994 g/mol. The second-order valence-corrected chi connectivity index (χ2v) is 22.2. The lowest BCUT2D eigenvalue weighted by atomic mass is 9.29. The second-order valence-electron chi connectivity index (χ2n) is 22.2. The number of hydrogen-bond acceptors (Lipinski definition) is 7. The molecule has 1 aromatic heterocycles. The lowest BCUT2D eigenvalue weighted by molar-refractivity contribution is 0.463. The highest BCUT2D eigenvalue weighted by Crippen LogP contribution is 2.53. The highest BCUT2D eigenvalue weighted by Gasteiger charge is 2.54. The first kappa shape index (κ1) is 42.3. The van der Waals surface area contributed by atoms with Crippen LogP contribution < -0.4 is 94.3 Å². The summed E-state index contributed by atoms with van der Waals surface area (Å²) in [5, 5.41) is 13.6. The van der Waals surface area contributed by atoms with Gasteiger partial charge in [0, 0.05) is 62.7 Å². The van der Waals surface area contributed by atoms with Gasteiger partial charge < -0.3 is 33.3 Å². The average Bonchev–Trinajstić information content (AvgIpc) is 1.42. The molecule has 20 rings (SSSR count). The molecule has 0 spiro atoms. The van der Waals surface area contributed by atoms with Gasteiger partial charge in [-0.25, -0.2) is 4.85 Å². The molecule has 0 unspecified atom stereocenters. The molecule has 0 fully saturated rings. The van der Waals surface area contributed by atoms with Gasteiger partial charge in [0.05, 0.1) is 17.6 Å². The van der Waals surface area contributed by atoms with Crippen molar-refractivity contribution in [3.05, 3.63) is 217 Å². The molecule has 12 aromatic rings. The van der Waals surface area contributed by atoms with Crippen LogP contribution in [0, 0.1) is 17.9 Å². The summed E-state index contributed by atoms with van der Waals surface area (Å²) in [6.07, 6.45) is 0. The summed E-state index contributed by atoms with van der Waals surface area (Å²) >= 11 is 0. The van der Waals surface area contributed by atoms with Crippen LogP contribution in [-0.4, -0.2) is 31.4 Å². The maximum absolute atomic E-state index is 11.5. The Hall–Kier alpha value is -10.7. The maximum Gasteiger partial charge on any atom is 0.269 e. The lowest BCUT2D eigenvalue weighted by Crippen LogP contribution is -2.67. The SMILES string of the molecule is [C-]#[N+]c1c2c3c4c5c1Oc1cc6c(cc1B5c1ccccc1N4c1ccccc1B3c1ccccc1O2)c1cc2c(cc1n6-c1ccccc1)Oc1c(C#N)c3c4c5c1B2c1ccccc1N5c1ccccc1B4c1ccccc1O3. The van der Waals surface area contributed by atoms with E-state index in [0.29, 0.717) is 45.7 Å². The third-order valence-corrected chi connectivity index (χ3v) is 18.6. The Balaban J connectivity index is 0.872. The van der Waals surface area contributed by atoms with Crippen molar-refractivity contribution in [2.24, 2.45) is 0 Å². The highest BCUT2D eigenvalue weighted by molar-refractivity contribution is 7.05. The largest absolute Gasteiger partial charge is 0.469 e. The van der Waals surface area contributed by atoms with Gasteiger partial charge in [0.2, 0.25) is 0 Å². The van der Waals surface area contributed by atoms with Crippen LogP contribution in [0.1, 0.15) is 5.56 Å². The van der Waals surface area contributed by atoms with Gasteiger partial charge in [0.1, 0.15) is 57.6 Å². The van der Waals surface area contributed by atoms with Crippen LogP contribution in [0.3, 0.4) is 0 Å². The third-order valence-electron chi connectivity index (χ3n) is 18.6. The van der Waals surface area contributed by atoms with Gasteiger partial charge in [-0.05, 0) is 114 Å². The molecule has 0 N–H and O–H groups in total. The number of benzene rings is 11. The van der Waals surface area contributed by atoms with Crippen molar-refractivity contribution in [1.82, 2.24) is 4.57 Å². The average molecular weight is 1030 g/mol. The van der Waals surface area contributed by atoms with E-state index in [9.17, 15) is 5.26 Å². The predicted molar refractivity (Wildman–Crippen MR) is 326 cm³/mol. The van der Waals surface area contributed by atoms with E-state index in [1.54, 1.807) is 0 Å². The Bertz CT molecular complexity index is 4830. The quantitative estimate of drug-likeness (QED) is 0.122. The molecule has 81 heavy (non-hydrogen) atoms.